The number of hydrogen-bond donors (Lipinski definition) is 3. The molecular formula is C25H32ClN3O5. The minimum Gasteiger partial charge on any atom is -0.491 e. The minimum absolute atomic E-state index is 0.107. The van der Waals surface area contributed by atoms with Crippen molar-refractivity contribution in [3.8, 4) is 11.5 Å². The van der Waals surface area contributed by atoms with Crippen LogP contribution >= 0.6 is 11.6 Å². The molecule has 34 heavy (non-hydrogen) atoms. The molecular weight excluding hydrogens is 458 g/mol. The Morgan fingerprint density at radius 3 is 2.29 bits per heavy atom. The predicted octanol–water partition coefficient (Wildman–Crippen LogP) is 2.82. The Labute approximate surface area is 204 Å². The number of ether oxygens (including phenoxy) is 2. The molecule has 184 valence electrons. The number of aliphatic hydroxyl groups is 3. The van der Waals surface area contributed by atoms with E-state index in [9.17, 15) is 10.2 Å². The van der Waals surface area contributed by atoms with E-state index in [2.05, 4.69) is 30.2 Å². The molecule has 9 heteroatoms. The van der Waals surface area contributed by atoms with Crippen LogP contribution in [0.5, 0.6) is 11.5 Å². The fourth-order valence-electron chi connectivity index (χ4n) is 3.53. The highest BCUT2D eigenvalue weighted by Crippen LogP contribution is 2.34. The van der Waals surface area contributed by atoms with Crippen LogP contribution in [0.25, 0.3) is 0 Å². The fraction of sp³-hybridized carbons (Fsp3) is 0.440. The molecule has 0 aliphatic rings. The van der Waals surface area contributed by atoms with E-state index in [4.69, 9.17) is 26.2 Å². The summed E-state index contributed by atoms with van der Waals surface area (Å²) < 4.78 is 12.9. The third-order valence-corrected chi connectivity index (χ3v) is 6.03. The van der Waals surface area contributed by atoms with Crippen molar-refractivity contribution < 1.29 is 24.8 Å². The summed E-state index contributed by atoms with van der Waals surface area (Å²) >= 11 is 5.63. The van der Waals surface area contributed by atoms with Gasteiger partial charge in [0.2, 0.25) is 0 Å². The topological polar surface area (TPSA) is 110 Å². The zero-order valence-corrected chi connectivity index (χ0v) is 20.4. The van der Waals surface area contributed by atoms with Crippen molar-refractivity contribution in [2.45, 2.75) is 51.5 Å². The van der Waals surface area contributed by atoms with Crippen LogP contribution in [0.4, 0.5) is 0 Å². The van der Waals surface area contributed by atoms with Crippen LogP contribution in [0.1, 0.15) is 36.2 Å². The lowest BCUT2D eigenvalue weighted by molar-refractivity contribution is 0.0888. The Bertz CT molecular complexity index is 1050. The normalized spacial score (nSPS) is 13.5. The smallest absolute Gasteiger partial charge is 0.122 e. The van der Waals surface area contributed by atoms with Crippen molar-refractivity contribution in [2.24, 2.45) is 0 Å². The number of hydrogen-bond acceptors (Lipinski definition) is 7. The predicted molar refractivity (Wildman–Crippen MR) is 129 cm³/mol. The van der Waals surface area contributed by atoms with E-state index >= 15 is 0 Å². The van der Waals surface area contributed by atoms with Crippen molar-refractivity contribution in [2.75, 3.05) is 19.1 Å². The van der Waals surface area contributed by atoms with Crippen LogP contribution in [0, 0.1) is 6.92 Å². The Kier molecular flexibility index (Phi) is 8.90. The van der Waals surface area contributed by atoms with E-state index in [1.165, 1.54) is 4.68 Å². The molecule has 3 rings (SSSR count). The third-order valence-electron chi connectivity index (χ3n) is 5.67. The SMILES string of the molecule is Cc1cc(C(C)(C)c2ccc(OC[C@H](O)Cn3cc(CO)nn3)cc2)ccc1OC[C@H](O)CCl. The van der Waals surface area contributed by atoms with Crippen LogP contribution in [0.2, 0.25) is 0 Å². The number of aromatic nitrogens is 3. The van der Waals surface area contributed by atoms with E-state index in [-0.39, 0.29) is 37.7 Å². The molecule has 0 aliphatic heterocycles. The zero-order chi connectivity index (χ0) is 24.7. The number of rotatable bonds is 12. The highest BCUT2D eigenvalue weighted by molar-refractivity contribution is 6.18. The molecule has 0 saturated heterocycles. The van der Waals surface area contributed by atoms with Crippen LogP contribution < -0.4 is 9.47 Å². The minimum atomic E-state index is -0.765. The summed E-state index contributed by atoms with van der Waals surface area (Å²) in [6, 6.07) is 13.9. The summed E-state index contributed by atoms with van der Waals surface area (Å²) in [4.78, 5) is 0. The van der Waals surface area contributed by atoms with Gasteiger partial charge in [-0.15, -0.1) is 16.7 Å². The molecule has 0 amide bonds. The standard InChI is InChI=1S/C25H32ClN3O5/c1-17-10-19(6-9-24(17)34-15-21(31)11-26)25(2,3)18-4-7-23(8-5-18)33-16-22(32)13-29-12-20(14-30)27-28-29/h4-10,12,21-22,30-32H,11,13-16H2,1-3H3/t21-,22-/m1/s1. The van der Waals surface area contributed by atoms with Crippen molar-refractivity contribution in [1.82, 2.24) is 15.0 Å². The molecule has 0 radical (unpaired) electrons. The number of halogens is 1. The molecule has 0 unspecified atom stereocenters. The van der Waals surface area contributed by atoms with Crippen molar-refractivity contribution in [1.29, 1.82) is 0 Å². The Hall–Kier alpha value is -2.65. The van der Waals surface area contributed by atoms with E-state index in [0.29, 0.717) is 11.4 Å². The van der Waals surface area contributed by atoms with Crippen molar-refractivity contribution in [3.05, 3.63) is 71.0 Å². The maximum Gasteiger partial charge on any atom is 0.122 e. The summed E-state index contributed by atoms with van der Waals surface area (Å²) in [6.45, 7) is 6.58. The lowest BCUT2D eigenvalue weighted by Crippen LogP contribution is -2.24. The summed E-state index contributed by atoms with van der Waals surface area (Å²) in [5, 5.41) is 36.5. The second kappa shape index (κ2) is 11.7. The van der Waals surface area contributed by atoms with Gasteiger partial charge in [-0.3, -0.25) is 0 Å². The maximum absolute atomic E-state index is 10.2. The van der Waals surface area contributed by atoms with Crippen LogP contribution in [-0.2, 0) is 18.6 Å². The molecule has 0 saturated carbocycles. The van der Waals surface area contributed by atoms with E-state index in [1.54, 1.807) is 6.20 Å². The number of nitrogens with zero attached hydrogens (tertiary/aromatic N) is 3. The molecule has 1 aromatic heterocycles. The number of alkyl halides is 1. The molecule has 3 aromatic rings. The van der Waals surface area contributed by atoms with Crippen molar-refractivity contribution >= 4 is 11.6 Å². The first-order valence-corrected chi connectivity index (χ1v) is 11.7. The Morgan fingerprint density at radius 2 is 1.68 bits per heavy atom. The Balaban J connectivity index is 1.59. The van der Waals surface area contributed by atoms with Gasteiger partial charge in [0.25, 0.3) is 0 Å². The van der Waals surface area contributed by atoms with E-state index in [1.807, 2.05) is 43.3 Å². The van der Waals surface area contributed by atoms with E-state index in [0.717, 1.165) is 22.4 Å². The zero-order valence-electron chi connectivity index (χ0n) is 19.7. The summed E-state index contributed by atoms with van der Waals surface area (Å²) in [5.74, 6) is 1.52. The van der Waals surface area contributed by atoms with Crippen LogP contribution in [-0.4, -0.2) is 61.6 Å². The van der Waals surface area contributed by atoms with Gasteiger partial charge in [0, 0.05) is 5.41 Å². The largest absolute Gasteiger partial charge is 0.491 e. The van der Waals surface area contributed by atoms with Gasteiger partial charge in [-0.2, -0.15) is 0 Å². The van der Waals surface area contributed by atoms with Crippen LogP contribution in [0.15, 0.2) is 48.7 Å². The molecule has 3 N–H and O–H groups in total. The van der Waals surface area contributed by atoms with Crippen LogP contribution in [0.3, 0.4) is 0 Å². The first kappa shape index (κ1) is 26.0. The van der Waals surface area contributed by atoms with Gasteiger partial charge in [-0.1, -0.05) is 43.3 Å². The molecule has 0 spiro atoms. The maximum atomic E-state index is 10.2. The van der Waals surface area contributed by atoms with Gasteiger partial charge >= 0.3 is 0 Å². The highest BCUT2D eigenvalue weighted by atomic mass is 35.5. The molecule has 2 atom stereocenters. The van der Waals surface area contributed by atoms with Gasteiger partial charge in [0.15, 0.2) is 0 Å². The van der Waals surface area contributed by atoms with Gasteiger partial charge < -0.3 is 24.8 Å². The molecule has 0 aliphatic carbocycles. The summed E-state index contributed by atoms with van der Waals surface area (Å²) in [7, 11) is 0. The number of aliphatic hydroxyl groups excluding tert-OH is 3. The molecule has 0 fully saturated rings. The summed E-state index contributed by atoms with van der Waals surface area (Å²) in [5.41, 5.74) is 3.43. The first-order chi connectivity index (χ1) is 16.2. The quantitative estimate of drug-likeness (QED) is 0.335. The molecule has 8 nitrogen and oxygen atoms in total. The monoisotopic (exact) mass is 489 g/mol. The average molecular weight is 490 g/mol. The fourth-order valence-corrected chi connectivity index (χ4v) is 3.62. The van der Waals surface area contributed by atoms with Gasteiger partial charge in [-0.05, 0) is 41.8 Å². The lowest BCUT2D eigenvalue weighted by Gasteiger charge is -2.27. The average Bonchev–Trinajstić information content (AvgIpc) is 3.29. The van der Waals surface area contributed by atoms with E-state index < -0.39 is 12.2 Å². The highest BCUT2D eigenvalue weighted by Gasteiger charge is 2.24. The molecule has 1 heterocycles. The lowest BCUT2D eigenvalue weighted by atomic mass is 9.77. The molecule has 0 bridgehead atoms. The second-order valence-corrected chi connectivity index (χ2v) is 9.11. The van der Waals surface area contributed by atoms with Crippen molar-refractivity contribution in [3.63, 3.8) is 0 Å². The number of aryl methyl sites for hydroxylation is 1. The molecule has 2 aromatic carbocycles. The second-order valence-electron chi connectivity index (χ2n) is 8.80. The third kappa shape index (κ3) is 6.70. The van der Waals surface area contributed by atoms with Gasteiger partial charge in [-0.25, -0.2) is 4.68 Å². The summed E-state index contributed by atoms with van der Waals surface area (Å²) in [6.07, 6.45) is 0.128. The Morgan fingerprint density at radius 1 is 1.00 bits per heavy atom. The van der Waals surface area contributed by atoms with Gasteiger partial charge in [0.05, 0.1) is 25.2 Å². The number of benzene rings is 2. The van der Waals surface area contributed by atoms with Gasteiger partial charge in [0.1, 0.15) is 42.6 Å². The first-order valence-electron chi connectivity index (χ1n) is 11.1.